The fourth-order valence-electron chi connectivity index (χ4n) is 3.03. The number of carbonyl (C=O) groups excluding carboxylic acids is 2. The third-order valence-electron chi connectivity index (χ3n) is 4.59. The van der Waals surface area contributed by atoms with Gasteiger partial charge in [-0.2, -0.15) is 0 Å². The Morgan fingerprint density at radius 1 is 0.931 bits per heavy atom. The SMILES string of the molecule is O=C(c1cnc(Nc2ccccc2F)cn1)N1CCN(C(=O)c2ccco2)CC1. The minimum Gasteiger partial charge on any atom is -0.459 e. The highest BCUT2D eigenvalue weighted by atomic mass is 19.1. The molecule has 2 aromatic heterocycles. The van der Waals surface area contributed by atoms with Crippen molar-refractivity contribution in [2.24, 2.45) is 0 Å². The van der Waals surface area contributed by atoms with E-state index >= 15 is 0 Å². The molecule has 0 saturated carbocycles. The Hall–Kier alpha value is -3.75. The first-order valence-electron chi connectivity index (χ1n) is 9.07. The molecule has 0 radical (unpaired) electrons. The minimum atomic E-state index is -0.406. The summed E-state index contributed by atoms with van der Waals surface area (Å²) in [7, 11) is 0. The Morgan fingerprint density at radius 2 is 1.66 bits per heavy atom. The van der Waals surface area contributed by atoms with E-state index < -0.39 is 5.82 Å². The lowest BCUT2D eigenvalue weighted by atomic mass is 10.2. The van der Waals surface area contributed by atoms with Crippen LogP contribution >= 0.6 is 0 Å². The number of anilines is 2. The fraction of sp³-hybridized carbons (Fsp3) is 0.200. The van der Waals surface area contributed by atoms with Gasteiger partial charge >= 0.3 is 0 Å². The molecule has 1 N–H and O–H groups in total. The van der Waals surface area contributed by atoms with Crippen LogP contribution in [0, 0.1) is 5.82 Å². The van der Waals surface area contributed by atoms with Crippen molar-refractivity contribution in [3.8, 4) is 0 Å². The Balaban J connectivity index is 1.35. The van der Waals surface area contributed by atoms with Crippen LogP contribution in [0.15, 0.2) is 59.5 Å². The van der Waals surface area contributed by atoms with Crippen LogP contribution in [0.25, 0.3) is 0 Å². The van der Waals surface area contributed by atoms with Crippen molar-refractivity contribution >= 4 is 23.3 Å². The molecule has 3 aromatic rings. The summed E-state index contributed by atoms with van der Waals surface area (Å²) in [5.74, 6) is -0.240. The van der Waals surface area contributed by atoms with Crippen LogP contribution in [0.5, 0.6) is 0 Å². The number of halogens is 1. The van der Waals surface area contributed by atoms with Crippen LogP contribution in [0.4, 0.5) is 15.9 Å². The number of benzene rings is 1. The lowest BCUT2D eigenvalue weighted by Gasteiger charge is -2.34. The van der Waals surface area contributed by atoms with Gasteiger partial charge in [0.1, 0.15) is 17.3 Å². The van der Waals surface area contributed by atoms with E-state index in [0.29, 0.717) is 32.0 Å². The highest BCUT2D eigenvalue weighted by molar-refractivity contribution is 5.93. The van der Waals surface area contributed by atoms with Gasteiger partial charge in [-0.05, 0) is 24.3 Å². The molecule has 0 spiro atoms. The molecule has 0 atom stereocenters. The molecule has 0 bridgehead atoms. The number of nitrogens with one attached hydrogen (secondary N) is 1. The maximum absolute atomic E-state index is 13.7. The molecule has 3 heterocycles. The van der Waals surface area contributed by atoms with Crippen molar-refractivity contribution in [2.45, 2.75) is 0 Å². The summed E-state index contributed by atoms with van der Waals surface area (Å²) in [4.78, 5) is 36.5. The molecule has 0 unspecified atom stereocenters. The number of rotatable bonds is 4. The lowest BCUT2D eigenvalue weighted by molar-refractivity contribution is 0.0515. The smallest absolute Gasteiger partial charge is 0.289 e. The van der Waals surface area contributed by atoms with Crippen molar-refractivity contribution in [1.29, 1.82) is 0 Å². The van der Waals surface area contributed by atoms with Crippen LogP contribution in [0.3, 0.4) is 0 Å². The number of hydrogen-bond donors (Lipinski definition) is 1. The van der Waals surface area contributed by atoms with Gasteiger partial charge < -0.3 is 19.5 Å². The van der Waals surface area contributed by atoms with E-state index in [1.807, 2.05) is 0 Å². The summed E-state index contributed by atoms with van der Waals surface area (Å²) >= 11 is 0. The van der Waals surface area contributed by atoms with E-state index in [-0.39, 0.29) is 29.0 Å². The molecule has 9 heteroatoms. The topological polar surface area (TPSA) is 91.6 Å². The Morgan fingerprint density at radius 3 is 2.28 bits per heavy atom. The molecule has 4 rings (SSSR count). The predicted molar refractivity (Wildman–Crippen MR) is 102 cm³/mol. The van der Waals surface area contributed by atoms with E-state index in [4.69, 9.17) is 4.42 Å². The summed E-state index contributed by atoms with van der Waals surface area (Å²) in [5, 5.41) is 2.82. The number of amides is 2. The van der Waals surface area contributed by atoms with E-state index in [2.05, 4.69) is 15.3 Å². The fourth-order valence-corrected chi connectivity index (χ4v) is 3.03. The molecule has 1 fully saturated rings. The second-order valence-corrected chi connectivity index (χ2v) is 6.45. The van der Waals surface area contributed by atoms with Crippen molar-refractivity contribution in [1.82, 2.24) is 19.8 Å². The molecule has 1 aromatic carbocycles. The van der Waals surface area contributed by atoms with E-state index in [1.54, 1.807) is 40.1 Å². The molecule has 1 saturated heterocycles. The molecular weight excluding hydrogens is 377 g/mol. The van der Waals surface area contributed by atoms with Gasteiger partial charge in [-0.25, -0.2) is 14.4 Å². The maximum atomic E-state index is 13.7. The number of aromatic nitrogens is 2. The van der Waals surface area contributed by atoms with Gasteiger partial charge in [0.05, 0.1) is 24.3 Å². The maximum Gasteiger partial charge on any atom is 0.289 e. The highest BCUT2D eigenvalue weighted by Gasteiger charge is 2.27. The van der Waals surface area contributed by atoms with Crippen LogP contribution in [-0.4, -0.2) is 57.8 Å². The Kier molecular flexibility index (Phi) is 5.19. The monoisotopic (exact) mass is 395 g/mol. The summed E-state index contributed by atoms with van der Waals surface area (Å²) in [5.41, 5.74) is 0.466. The van der Waals surface area contributed by atoms with Crippen LogP contribution in [0.1, 0.15) is 21.0 Å². The number of nitrogens with zero attached hydrogens (tertiary/aromatic N) is 4. The third-order valence-corrected chi connectivity index (χ3v) is 4.59. The van der Waals surface area contributed by atoms with Gasteiger partial charge in [0, 0.05) is 26.2 Å². The summed E-state index contributed by atoms with van der Waals surface area (Å²) < 4.78 is 18.8. The molecule has 148 valence electrons. The first-order chi connectivity index (χ1) is 14.1. The second-order valence-electron chi connectivity index (χ2n) is 6.45. The molecule has 29 heavy (non-hydrogen) atoms. The normalized spacial score (nSPS) is 14.0. The first-order valence-corrected chi connectivity index (χ1v) is 9.07. The minimum absolute atomic E-state index is 0.189. The quantitative estimate of drug-likeness (QED) is 0.730. The zero-order valence-electron chi connectivity index (χ0n) is 15.4. The number of hydrogen-bond acceptors (Lipinski definition) is 6. The summed E-state index contributed by atoms with van der Waals surface area (Å²) in [6.07, 6.45) is 4.19. The molecule has 0 aliphatic carbocycles. The standard InChI is InChI=1S/C20H18FN5O3/c21-14-4-1-2-5-15(14)24-18-13-22-16(12-23-18)19(27)25-7-9-26(10-8-25)20(28)17-6-3-11-29-17/h1-6,11-13H,7-10H2,(H,23,24). The number of furan rings is 1. The zero-order chi connectivity index (χ0) is 20.2. The summed E-state index contributed by atoms with van der Waals surface area (Å²) in [6, 6.07) is 9.50. The largest absolute Gasteiger partial charge is 0.459 e. The molecular formula is C20H18FN5O3. The molecule has 2 amide bonds. The van der Waals surface area contributed by atoms with E-state index in [0.717, 1.165) is 0 Å². The molecule has 8 nitrogen and oxygen atoms in total. The van der Waals surface area contributed by atoms with Crippen molar-refractivity contribution in [3.63, 3.8) is 0 Å². The molecule has 1 aliphatic heterocycles. The van der Waals surface area contributed by atoms with Gasteiger partial charge in [0.2, 0.25) is 0 Å². The van der Waals surface area contributed by atoms with Gasteiger partial charge in [0.15, 0.2) is 5.76 Å². The molecule has 1 aliphatic rings. The highest BCUT2D eigenvalue weighted by Crippen LogP contribution is 2.17. The van der Waals surface area contributed by atoms with Crippen LogP contribution in [0.2, 0.25) is 0 Å². The van der Waals surface area contributed by atoms with Gasteiger partial charge in [0.25, 0.3) is 11.8 Å². The number of para-hydroxylation sites is 1. The van der Waals surface area contributed by atoms with Crippen molar-refractivity contribution in [2.75, 3.05) is 31.5 Å². The number of carbonyl (C=O) groups is 2. The second kappa shape index (κ2) is 8.09. The van der Waals surface area contributed by atoms with Gasteiger partial charge in [-0.1, -0.05) is 12.1 Å². The lowest BCUT2D eigenvalue weighted by Crippen LogP contribution is -2.50. The third kappa shape index (κ3) is 4.08. The van der Waals surface area contributed by atoms with Crippen molar-refractivity contribution in [3.05, 3.63) is 72.3 Å². The Bertz CT molecular complexity index is 999. The average Bonchev–Trinajstić information content (AvgIpc) is 3.30. The van der Waals surface area contributed by atoms with Crippen molar-refractivity contribution < 1.29 is 18.4 Å². The predicted octanol–water partition coefficient (Wildman–Crippen LogP) is 2.55. The zero-order valence-corrected chi connectivity index (χ0v) is 15.4. The van der Waals surface area contributed by atoms with E-state index in [9.17, 15) is 14.0 Å². The Labute approximate surface area is 166 Å². The van der Waals surface area contributed by atoms with Crippen LogP contribution in [-0.2, 0) is 0 Å². The van der Waals surface area contributed by atoms with Gasteiger partial charge in [-0.15, -0.1) is 0 Å². The number of piperazine rings is 1. The van der Waals surface area contributed by atoms with Gasteiger partial charge in [-0.3, -0.25) is 9.59 Å². The average molecular weight is 395 g/mol. The van der Waals surface area contributed by atoms with E-state index in [1.165, 1.54) is 24.7 Å². The first kappa shape index (κ1) is 18.6. The summed E-state index contributed by atoms with van der Waals surface area (Å²) in [6.45, 7) is 1.60. The van der Waals surface area contributed by atoms with Crippen LogP contribution < -0.4 is 5.32 Å².